The maximum atomic E-state index is 12.9. The average molecular weight is 413 g/mol. The first-order chi connectivity index (χ1) is 14.8. The molecule has 2 aromatic heterocycles. The molecule has 0 unspecified atom stereocenters. The molecule has 0 saturated heterocycles. The average Bonchev–Trinajstić information content (AvgIpc) is 3.20. The van der Waals surface area contributed by atoms with Crippen LogP contribution in [0, 0.1) is 6.92 Å². The fourth-order valence-electron chi connectivity index (χ4n) is 3.62. The number of aromatic nitrogens is 3. The highest BCUT2D eigenvalue weighted by Crippen LogP contribution is 2.23. The highest BCUT2D eigenvalue weighted by Gasteiger charge is 2.16. The SMILES string of the molecule is Cc1cccc(CNc2cc(CC(=O)c3ccc(C(C)(C)C)cc3)nc3ccnn23)c1. The van der Waals surface area contributed by atoms with Crippen LogP contribution in [0.4, 0.5) is 5.82 Å². The summed E-state index contributed by atoms with van der Waals surface area (Å²) < 4.78 is 1.77. The van der Waals surface area contributed by atoms with Crippen LogP contribution < -0.4 is 5.32 Å². The van der Waals surface area contributed by atoms with Gasteiger partial charge in [0.2, 0.25) is 0 Å². The number of benzene rings is 2. The minimum atomic E-state index is 0.0569. The summed E-state index contributed by atoms with van der Waals surface area (Å²) in [6.45, 7) is 9.25. The Hall–Kier alpha value is -3.47. The summed E-state index contributed by atoms with van der Waals surface area (Å²) >= 11 is 0. The van der Waals surface area contributed by atoms with E-state index in [9.17, 15) is 4.79 Å². The van der Waals surface area contributed by atoms with E-state index in [0.717, 1.165) is 17.2 Å². The third-order valence-electron chi connectivity index (χ3n) is 5.38. The van der Waals surface area contributed by atoms with E-state index in [0.29, 0.717) is 12.1 Å². The summed E-state index contributed by atoms with van der Waals surface area (Å²) in [5.74, 6) is 0.879. The van der Waals surface area contributed by atoms with Gasteiger partial charge in [-0.05, 0) is 23.5 Å². The molecule has 5 heteroatoms. The molecule has 0 atom stereocenters. The van der Waals surface area contributed by atoms with Crippen LogP contribution in [0.5, 0.6) is 0 Å². The molecular weight excluding hydrogens is 384 g/mol. The minimum Gasteiger partial charge on any atom is -0.366 e. The first kappa shape index (κ1) is 20.8. The Morgan fingerprint density at radius 3 is 2.52 bits per heavy atom. The number of aryl methyl sites for hydroxylation is 1. The zero-order valence-corrected chi connectivity index (χ0v) is 18.5. The molecule has 0 spiro atoms. The quantitative estimate of drug-likeness (QED) is 0.432. The van der Waals surface area contributed by atoms with E-state index in [1.807, 2.05) is 36.4 Å². The molecule has 0 aliphatic carbocycles. The smallest absolute Gasteiger partial charge is 0.168 e. The Kier molecular flexibility index (Phi) is 5.59. The van der Waals surface area contributed by atoms with Crippen molar-refractivity contribution in [2.24, 2.45) is 0 Å². The standard InChI is InChI=1S/C26H28N4O/c1-18-6-5-7-19(14-18)17-27-25-16-22(29-24-12-13-28-30(24)25)15-23(31)20-8-10-21(11-9-20)26(2,3)4/h5-14,16,27H,15,17H2,1-4H3. The van der Waals surface area contributed by atoms with Crippen LogP contribution in [0.3, 0.4) is 0 Å². The maximum absolute atomic E-state index is 12.9. The molecule has 0 bridgehead atoms. The van der Waals surface area contributed by atoms with Crippen LogP contribution in [0.15, 0.2) is 66.9 Å². The van der Waals surface area contributed by atoms with Crippen LogP contribution in [0.2, 0.25) is 0 Å². The van der Waals surface area contributed by atoms with Gasteiger partial charge in [0, 0.05) is 24.2 Å². The van der Waals surface area contributed by atoms with Crippen LogP contribution in [0.25, 0.3) is 5.65 Å². The van der Waals surface area contributed by atoms with E-state index >= 15 is 0 Å². The zero-order chi connectivity index (χ0) is 22.0. The van der Waals surface area contributed by atoms with Gasteiger partial charge in [-0.2, -0.15) is 9.61 Å². The molecular formula is C26H28N4O. The fraction of sp³-hybridized carbons (Fsp3) is 0.269. The second-order valence-electron chi connectivity index (χ2n) is 9.00. The fourth-order valence-corrected chi connectivity index (χ4v) is 3.62. The lowest BCUT2D eigenvalue weighted by Gasteiger charge is -2.19. The van der Waals surface area contributed by atoms with Gasteiger partial charge in [0.15, 0.2) is 11.4 Å². The van der Waals surface area contributed by atoms with Crippen molar-refractivity contribution < 1.29 is 4.79 Å². The van der Waals surface area contributed by atoms with Crippen LogP contribution in [0.1, 0.15) is 53.5 Å². The number of hydrogen-bond acceptors (Lipinski definition) is 4. The Bertz CT molecular complexity index is 1220. The molecule has 4 aromatic rings. The Labute approximate surface area is 183 Å². The summed E-state index contributed by atoms with van der Waals surface area (Å²) in [6.07, 6.45) is 1.96. The topological polar surface area (TPSA) is 59.3 Å². The second kappa shape index (κ2) is 8.34. The predicted octanol–water partition coefficient (Wildman–Crippen LogP) is 5.37. The first-order valence-electron chi connectivity index (χ1n) is 10.6. The Morgan fingerprint density at radius 2 is 1.81 bits per heavy atom. The lowest BCUT2D eigenvalue weighted by atomic mass is 9.86. The molecule has 0 fully saturated rings. The largest absolute Gasteiger partial charge is 0.366 e. The molecule has 1 N–H and O–H groups in total. The molecule has 2 aromatic carbocycles. The van der Waals surface area contributed by atoms with Gasteiger partial charge >= 0.3 is 0 Å². The number of anilines is 1. The van der Waals surface area contributed by atoms with Crippen molar-refractivity contribution in [2.45, 2.75) is 46.1 Å². The van der Waals surface area contributed by atoms with Crippen molar-refractivity contribution in [2.75, 3.05) is 5.32 Å². The zero-order valence-electron chi connectivity index (χ0n) is 18.5. The van der Waals surface area contributed by atoms with Crippen LogP contribution >= 0.6 is 0 Å². The second-order valence-corrected chi connectivity index (χ2v) is 9.00. The van der Waals surface area contributed by atoms with E-state index in [-0.39, 0.29) is 17.6 Å². The molecule has 0 saturated carbocycles. The van der Waals surface area contributed by atoms with E-state index < -0.39 is 0 Å². The van der Waals surface area contributed by atoms with Gasteiger partial charge in [0.25, 0.3) is 0 Å². The highest BCUT2D eigenvalue weighted by molar-refractivity contribution is 5.97. The number of ketones is 1. The molecule has 0 amide bonds. The number of carbonyl (C=O) groups excluding carboxylic acids is 1. The molecule has 2 heterocycles. The number of Topliss-reactive ketones (excluding diaryl/α,β-unsaturated/α-hetero) is 1. The van der Waals surface area contributed by atoms with Gasteiger partial charge in [0.1, 0.15) is 5.82 Å². The van der Waals surface area contributed by atoms with Gasteiger partial charge in [-0.15, -0.1) is 0 Å². The number of fused-ring (bicyclic) bond motifs is 1. The number of rotatable bonds is 6. The van der Waals surface area contributed by atoms with Crippen molar-refractivity contribution in [1.29, 1.82) is 0 Å². The summed E-state index contributed by atoms with van der Waals surface area (Å²) in [4.78, 5) is 17.5. The predicted molar refractivity (Wildman–Crippen MR) is 125 cm³/mol. The molecule has 4 rings (SSSR count). The van der Waals surface area contributed by atoms with Crippen molar-refractivity contribution in [3.63, 3.8) is 0 Å². The third kappa shape index (κ3) is 4.82. The van der Waals surface area contributed by atoms with Gasteiger partial charge in [-0.25, -0.2) is 4.98 Å². The summed E-state index contributed by atoms with van der Waals surface area (Å²) in [5, 5.41) is 7.81. The van der Waals surface area contributed by atoms with Crippen molar-refractivity contribution >= 4 is 17.2 Å². The van der Waals surface area contributed by atoms with E-state index in [1.54, 1.807) is 10.7 Å². The van der Waals surface area contributed by atoms with E-state index in [1.165, 1.54) is 16.7 Å². The lowest BCUT2D eigenvalue weighted by molar-refractivity contribution is 0.0992. The lowest BCUT2D eigenvalue weighted by Crippen LogP contribution is -2.12. The van der Waals surface area contributed by atoms with Crippen molar-refractivity contribution in [1.82, 2.24) is 14.6 Å². The van der Waals surface area contributed by atoms with Crippen LogP contribution in [-0.2, 0) is 18.4 Å². The molecule has 158 valence electrons. The van der Waals surface area contributed by atoms with Crippen molar-refractivity contribution in [3.8, 4) is 0 Å². The maximum Gasteiger partial charge on any atom is 0.168 e. The summed E-state index contributed by atoms with van der Waals surface area (Å²) in [7, 11) is 0. The number of carbonyl (C=O) groups is 1. The van der Waals surface area contributed by atoms with Gasteiger partial charge in [0.05, 0.1) is 18.3 Å². The third-order valence-corrected chi connectivity index (χ3v) is 5.38. The summed E-state index contributed by atoms with van der Waals surface area (Å²) in [5.41, 5.74) is 5.84. The van der Waals surface area contributed by atoms with Crippen molar-refractivity contribution in [3.05, 3.63) is 94.8 Å². The molecule has 0 aliphatic heterocycles. The normalized spacial score (nSPS) is 11.6. The van der Waals surface area contributed by atoms with Gasteiger partial charge in [-0.3, -0.25) is 4.79 Å². The van der Waals surface area contributed by atoms with Crippen LogP contribution in [-0.4, -0.2) is 20.4 Å². The number of nitrogens with zero attached hydrogens (tertiary/aromatic N) is 3. The number of nitrogens with one attached hydrogen (secondary N) is 1. The van der Waals surface area contributed by atoms with E-state index in [4.69, 9.17) is 0 Å². The molecule has 5 nitrogen and oxygen atoms in total. The summed E-state index contributed by atoms with van der Waals surface area (Å²) in [6, 6.07) is 20.0. The first-order valence-corrected chi connectivity index (χ1v) is 10.6. The Balaban J connectivity index is 1.54. The molecule has 0 aliphatic rings. The highest BCUT2D eigenvalue weighted by atomic mass is 16.1. The minimum absolute atomic E-state index is 0.0569. The van der Waals surface area contributed by atoms with Gasteiger partial charge in [-0.1, -0.05) is 74.9 Å². The van der Waals surface area contributed by atoms with Gasteiger partial charge < -0.3 is 5.32 Å². The molecule has 0 radical (unpaired) electrons. The number of hydrogen-bond donors (Lipinski definition) is 1. The van der Waals surface area contributed by atoms with E-state index in [2.05, 4.69) is 67.4 Å². The molecule has 31 heavy (non-hydrogen) atoms. The Morgan fingerprint density at radius 1 is 1.03 bits per heavy atom. The monoisotopic (exact) mass is 412 g/mol.